The molecular weight excluding hydrogens is 486 g/mol. The van der Waals surface area contributed by atoms with E-state index in [1.165, 1.54) is 5.56 Å². The molecule has 2 rings (SSSR count). The third kappa shape index (κ3) is 7.65. The highest BCUT2D eigenvalue weighted by Crippen LogP contribution is 2.16. The number of nitrogens with zero attached hydrogens (tertiary/aromatic N) is 2. The number of alkyl halides is 1. The molecule has 0 aromatic heterocycles. The maximum atomic E-state index is 12.1. The first-order chi connectivity index (χ1) is 11.2. The summed E-state index contributed by atoms with van der Waals surface area (Å²) in [5.41, 5.74) is 1.35. The summed E-state index contributed by atoms with van der Waals surface area (Å²) >= 11 is 3.47. The zero-order valence-corrected chi connectivity index (χ0v) is 18.0. The van der Waals surface area contributed by atoms with Crippen molar-refractivity contribution in [2.24, 2.45) is 4.99 Å². The quantitative estimate of drug-likeness (QED) is 0.265. The van der Waals surface area contributed by atoms with Crippen LogP contribution in [0.2, 0.25) is 0 Å². The predicted molar refractivity (Wildman–Crippen MR) is 113 cm³/mol. The second-order valence-electron chi connectivity index (χ2n) is 5.86. The van der Waals surface area contributed by atoms with Crippen molar-refractivity contribution in [2.45, 2.75) is 31.8 Å². The number of guanidine groups is 1. The smallest absolute Gasteiger partial charge is 0.191 e. The van der Waals surface area contributed by atoms with Crippen LogP contribution in [0.4, 0.5) is 4.39 Å². The molecule has 0 radical (unpaired) electrons. The molecule has 1 heterocycles. The van der Waals surface area contributed by atoms with Gasteiger partial charge in [-0.05, 0) is 37.0 Å². The van der Waals surface area contributed by atoms with E-state index < -0.39 is 0 Å². The van der Waals surface area contributed by atoms with Crippen LogP contribution >= 0.6 is 39.9 Å². The van der Waals surface area contributed by atoms with E-state index in [9.17, 15) is 4.39 Å². The molecule has 0 atom stereocenters. The molecule has 7 heteroatoms. The summed E-state index contributed by atoms with van der Waals surface area (Å²) in [6.07, 6.45) is 2.72. The van der Waals surface area contributed by atoms with E-state index in [-0.39, 0.29) is 30.7 Å². The Bertz CT molecular complexity index is 490. The van der Waals surface area contributed by atoms with E-state index in [2.05, 4.69) is 60.7 Å². The molecule has 0 saturated carbocycles. The van der Waals surface area contributed by atoms with Crippen molar-refractivity contribution in [1.29, 1.82) is 0 Å². The van der Waals surface area contributed by atoms with E-state index in [4.69, 9.17) is 0 Å². The van der Waals surface area contributed by atoms with Crippen molar-refractivity contribution >= 4 is 45.9 Å². The van der Waals surface area contributed by atoms with Gasteiger partial charge in [-0.1, -0.05) is 28.1 Å². The molecule has 1 fully saturated rings. The van der Waals surface area contributed by atoms with Crippen molar-refractivity contribution in [1.82, 2.24) is 15.5 Å². The minimum Gasteiger partial charge on any atom is -0.356 e. The van der Waals surface area contributed by atoms with E-state index in [0.717, 1.165) is 42.9 Å². The largest absolute Gasteiger partial charge is 0.356 e. The molecule has 2 N–H and O–H groups in total. The van der Waals surface area contributed by atoms with Gasteiger partial charge in [0.2, 0.25) is 0 Å². The molecule has 4 nitrogen and oxygen atoms in total. The maximum absolute atomic E-state index is 12.1. The first-order valence-electron chi connectivity index (χ1n) is 8.21. The molecule has 1 saturated heterocycles. The fourth-order valence-corrected chi connectivity index (χ4v) is 3.01. The number of piperidine rings is 1. The number of halogens is 3. The molecular formula is C17H27BrFIN4. The molecule has 1 aromatic rings. The third-order valence-corrected chi connectivity index (χ3v) is 4.60. The summed E-state index contributed by atoms with van der Waals surface area (Å²) in [6, 6.07) is 8.97. The summed E-state index contributed by atoms with van der Waals surface area (Å²) in [5.74, 6) is 0.782. The monoisotopic (exact) mass is 512 g/mol. The summed E-state index contributed by atoms with van der Waals surface area (Å²) in [7, 11) is 1.76. The van der Waals surface area contributed by atoms with Gasteiger partial charge in [0.25, 0.3) is 0 Å². The highest BCUT2D eigenvalue weighted by molar-refractivity contribution is 14.0. The van der Waals surface area contributed by atoms with Gasteiger partial charge in [-0.25, -0.2) is 0 Å². The van der Waals surface area contributed by atoms with Crippen LogP contribution in [-0.2, 0) is 6.54 Å². The van der Waals surface area contributed by atoms with Crippen molar-refractivity contribution < 1.29 is 4.39 Å². The normalized spacial score (nSPS) is 16.5. The summed E-state index contributed by atoms with van der Waals surface area (Å²) in [5, 5.41) is 6.59. The number of benzene rings is 1. The van der Waals surface area contributed by atoms with Crippen LogP contribution in [0, 0.1) is 0 Å². The highest BCUT2D eigenvalue weighted by Gasteiger charge is 2.19. The van der Waals surface area contributed by atoms with Gasteiger partial charge in [-0.15, -0.1) is 24.0 Å². The number of hydrogen-bond donors (Lipinski definition) is 2. The van der Waals surface area contributed by atoms with Crippen molar-refractivity contribution in [2.75, 3.05) is 33.4 Å². The van der Waals surface area contributed by atoms with Crippen LogP contribution in [0.5, 0.6) is 0 Å². The lowest BCUT2D eigenvalue weighted by Gasteiger charge is -2.33. The Morgan fingerprint density at radius 1 is 1.29 bits per heavy atom. The lowest BCUT2D eigenvalue weighted by Crippen LogP contribution is -2.48. The minimum absolute atomic E-state index is 0. The van der Waals surface area contributed by atoms with Crippen LogP contribution in [0.1, 0.15) is 24.8 Å². The second kappa shape index (κ2) is 12.0. The van der Waals surface area contributed by atoms with E-state index in [1.807, 2.05) is 0 Å². The summed E-state index contributed by atoms with van der Waals surface area (Å²) in [4.78, 5) is 6.69. The second-order valence-corrected chi connectivity index (χ2v) is 6.78. The van der Waals surface area contributed by atoms with Crippen molar-refractivity contribution in [3.05, 3.63) is 34.3 Å². The van der Waals surface area contributed by atoms with E-state index >= 15 is 0 Å². The van der Waals surface area contributed by atoms with Gasteiger partial charge < -0.3 is 10.6 Å². The SMILES string of the molecule is CN=C(NCCCF)NC1CCN(Cc2ccc(Br)cc2)CC1.I. The zero-order valence-electron chi connectivity index (χ0n) is 14.1. The van der Waals surface area contributed by atoms with Gasteiger partial charge >= 0.3 is 0 Å². The lowest BCUT2D eigenvalue weighted by molar-refractivity contribution is 0.198. The van der Waals surface area contributed by atoms with E-state index in [0.29, 0.717) is 19.0 Å². The van der Waals surface area contributed by atoms with Gasteiger partial charge in [0.15, 0.2) is 5.96 Å². The third-order valence-electron chi connectivity index (χ3n) is 4.07. The molecule has 0 spiro atoms. The van der Waals surface area contributed by atoms with Crippen molar-refractivity contribution in [3.63, 3.8) is 0 Å². The Morgan fingerprint density at radius 3 is 2.54 bits per heavy atom. The first kappa shape index (κ1) is 21.6. The number of hydrogen-bond acceptors (Lipinski definition) is 2. The Morgan fingerprint density at radius 2 is 1.96 bits per heavy atom. The maximum Gasteiger partial charge on any atom is 0.191 e. The fraction of sp³-hybridized carbons (Fsp3) is 0.588. The molecule has 0 aliphatic carbocycles. The van der Waals surface area contributed by atoms with Crippen LogP contribution in [0.15, 0.2) is 33.7 Å². The standard InChI is InChI=1S/C17H26BrFN4.HI/c1-20-17(21-10-2-9-19)22-16-7-11-23(12-8-16)13-14-3-5-15(18)6-4-14;/h3-6,16H,2,7-13H2,1H3,(H2,20,21,22);1H. The molecule has 136 valence electrons. The van der Waals surface area contributed by atoms with Crippen LogP contribution < -0.4 is 10.6 Å². The van der Waals surface area contributed by atoms with Crippen LogP contribution in [0.25, 0.3) is 0 Å². The zero-order chi connectivity index (χ0) is 16.5. The lowest BCUT2D eigenvalue weighted by atomic mass is 10.0. The van der Waals surface area contributed by atoms with Gasteiger partial charge in [0.05, 0.1) is 6.67 Å². The number of nitrogens with one attached hydrogen (secondary N) is 2. The van der Waals surface area contributed by atoms with E-state index in [1.54, 1.807) is 7.05 Å². The Hall–Kier alpha value is -0.410. The van der Waals surface area contributed by atoms with Gasteiger partial charge in [-0.3, -0.25) is 14.3 Å². The van der Waals surface area contributed by atoms with Gasteiger partial charge in [-0.2, -0.15) is 0 Å². The number of likely N-dealkylation sites (tertiary alicyclic amines) is 1. The Kier molecular flexibility index (Phi) is 10.8. The molecule has 1 aliphatic heterocycles. The molecule has 1 aromatic carbocycles. The molecule has 24 heavy (non-hydrogen) atoms. The first-order valence-corrected chi connectivity index (χ1v) is 9.00. The molecule has 0 amide bonds. The average Bonchev–Trinajstić information content (AvgIpc) is 2.58. The Labute approximate surface area is 169 Å². The molecule has 1 aliphatic rings. The van der Waals surface area contributed by atoms with Crippen LogP contribution in [-0.4, -0.2) is 50.3 Å². The summed E-state index contributed by atoms with van der Waals surface area (Å²) in [6.45, 7) is 3.49. The summed E-state index contributed by atoms with van der Waals surface area (Å²) < 4.78 is 13.3. The average molecular weight is 513 g/mol. The number of aliphatic imine (C=N–C) groups is 1. The topological polar surface area (TPSA) is 39.7 Å². The molecule has 0 bridgehead atoms. The van der Waals surface area contributed by atoms with Gasteiger partial charge in [0, 0.05) is 43.7 Å². The number of rotatable bonds is 6. The van der Waals surface area contributed by atoms with Gasteiger partial charge in [0.1, 0.15) is 0 Å². The Balaban J connectivity index is 0.00000288. The van der Waals surface area contributed by atoms with Crippen LogP contribution in [0.3, 0.4) is 0 Å². The minimum atomic E-state index is -0.293. The molecule has 0 unspecified atom stereocenters. The van der Waals surface area contributed by atoms with Crippen molar-refractivity contribution in [3.8, 4) is 0 Å². The predicted octanol–water partition coefficient (Wildman–Crippen LogP) is 3.56. The fourth-order valence-electron chi connectivity index (χ4n) is 2.75. The highest BCUT2D eigenvalue weighted by atomic mass is 127.